The number of aromatic nitrogens is 4. The normalized spacial score (nSPS) is 12.6. The maximum atomic E-state index is 13.3. The number of nitrogens with zero attached hydrogens (tertiary/aromatic N) is 4. The minimum atomic E-state index is -1.02. The molecule has 1 aromatic carbocycles. The van der Waals surface area contributed by atoms with Crippen LogP contribution in [0, 0.1) is 11.6 Å². The monoisotopic (exact) mass is 301 g/mol. The summed E-state index contributed by atoms with van der Waals surface area (Å²) in [4.78, 5) is 0. The molecule has 9 heteroatoms. The first kappa shape index (κ1) is 14.5. The van der Waals surface area contributed by atoms with E-state index in [4.69, 9.17) is 5.73 Å². The lowest BCUT2D eigenvalue weighted by atomic mass is 10.1. The molecule has 0 fully saturated rings. The Morgan fingerprint density at radius 1 is 1.35 bits per heavy atom. The van der Waals surface area contributed by atoms with Crippen molar-refractivity contribution in [3.8, 4) is 11.4 Å². The number of rotatable bonds is 5. The molecule has 2 rings (SSSR count). The van der Waals surface area contributed by atoms with E-state index in [1.54, 1.807) is 6.26 Å². The fraction of sp³-hybridized carbons (Fsp3) is 0.364. The third-order valence-electron chi connectivity index (χ3n) is 2.67. The summed E-state index contributed by atoms with van der Waals surface area (Å²) in [5.41, 5.74) is 5.95. The lowest BCUT2D eigenvalue weighted by Crippen LogP contribution is -2.08. The van der Waals surface area contributed by atoms with Gasteiger partial charge in [0.2, 0.25) is 0 Å². The highest BCUT2D eigenvalue weighted by atomic mass is 32.2. The Bertz CT molecular complexity index is 646. The van der Waals surface area contributed by atoms with E-state index < -0.39 is 22.4 Å². The van der Waals surface area contributed by atoms with Crippen LogP contribution in [0.1, 0.15) is 6.42 Å². The van der Waals surface area contributed by atoms with Crippen molar-refractivity contribution < 1.29 is 13.0 Å². The third kappa shape index (κ3) is 3.16. The fourth-order valence-electron chi connectivity index (χ4n) is 1.72. The van der Waals surface area contributed by atoms with Gasteiger partial charge in [0.05, 0.1) is 0 Å². The number of tetrazole rings is 1. The van der Waals surface area contributed by atoms with Crippen molar-refractivity contribution in [2.45, 2.75) is 13.0 Å². The predicted octanol–water partition coefficient (Wildman–Crippen LogP) is 0.969. The van der Waals surface area contributed by atoms with Gasteiger partial charge in [-0.2, -0.15) is 0 Å². The van der Waals surface area contributed by atoms with E-state index in [1.807, 2.05) is 0 Å². The third-order valence-corrected chi connectivity index (χ3v) is 3.53. The molecule has 0 saturated carbocycles. The standard InChI is InChI=1S/C11H13F2N5OS/c1-20(19)4-2-3-18-11(15-16-17-18)7-5-8(12)9(13)6-10(7)14/h5-6H,2-4,14H2,1H3. The number of nitrogens with two attached hydrogens (primary N) is 1. The van der Waals surface area contributed by atoms with Crippen LogP contribution in [0.4, 0.5) is 14.5 Å². The molecule has 0 aliphatic carbocycles. The Morgan fingerprint density at radius 3 is 2.75 bits per heavy atom. The molecule has 1 heterocycles. The Labute approximate surface area is 116 Å². The van der Waals surface area contributed by atoms with Gasteiger partial charge in [0.1, 0.15) is 0 Å². The average Bonchev–Trinajstić information content (AvgIpc) is 2.81. The largest absolute Gasteiger partial charge is 0.398 e. The molecule has 0 saturated heterocycles. The Morgan fingerprint density at radius 2 is 2.05 bits per heavy atom. The smallest absolute Gasteiger partial charge is 0.184 e. The summed E-state index contributed by atoms with van der Waals surface area (Å²) >= 11 is 0. The van der Waals surface area contributed by atoms with Gasteiger partial charge >= 0.3 is 0 Å². The summed E-state index contributed by atoms with van der Waals surface area (Å²) in [6, 6.07) is 1.86. The van der Waals surface area contributed by atoms with Crippen molar-refractivity contribution in [1.29, 1.82) is 0 Å². The number of halogens is 2. The zero-order chi connectivity index (χ0) is 14.7. The topological polar surface area (TPSA) is 86.7 Å². The molecule has 2 aromatic rings. The molecule has 0 radical (unpaired) electrons. The van der Waals surface area contributed by atoms with E-state index >= 15 is 0 Å². The van der Waals surface area contributed by atoms with Crippen molar-refractivity contribution in [3.63, 3.8) is 0 Å². The van der Waals surface area contributed by atoms with E-state index in [0.29, 0.717) is 18.7 Å². The van der Waals surface area contributed by atoms with Crippen LogP contribution >= 0.6 is 0 Å². The molecule has 1 aromatic heterocycles. The molecule has 20 heavy (non-hydrogen) atoms. The second kappa shape index (κ2) is 6.04. The molecule has 1 unspecified atom stereocenters. The maximum absolute atomic E-state index is 13.3. The van der Waals surface area contributed by atoms with E-state index in [0.717, 1.165) is 12.1 Å². The number of benzene rings is 1. The van der Waals surface area contributed by atoms with Crippen LogP contribution in [0.25, 0.3) is 11.4 Å². The second-order valence-electron chi connectivity index (χ2n) is 4.21. The van der Waals surface area contributed by atoms with Crippen LogP contribution in [0.3, 0.4) is 0 Å². The lowest BCUT2D eigenvalue weighted by Gasteiger charge is -2.07. The number of hydrogen-bond acceptors (Lipinski definition) is 5. The summed E-state index contributed by atoms with van der Waals surface area (Å²) in [5, 5.41) is 11.0. The highest BCUT2D eigenvalue weighted by Crippen LogP contribution is 2.26. The van der Waals surface area contributed by atoms with Gasteiger partial charge in [0.25, 0.3) is 0 Å². The SMILES string of the molecule is CS(=O)CCCn1nnnc1-c1cc(F)c(F)cc1N. The first-order chi connectivity index (χ1) is 9.49. The van der Waals surface area contributed by atoms with Crippen molar-refractivity contribution >= 4 is 16.5 Å². The average molecular weight is 301 g/mol. The fourth-order valence-corrected chi connectivity index (χ4v) is 2.26. The minimum Gasteiger partial charge on any atom is -0.398 e. The molecule has 0 aliphatic heterocycles. The van der Waals surface area contributed by atoms with Gasteiger partial charge < -0.3 is 5.73 Å². The van der Waals surface area contributed by atoms with E-state index in [2.05, 4.69) is 15.5 Å². The summed E-state index contributed by atoms with van der Waals surface area (Å²) in [6.07, 6.45) is 2.21. The molecule has 6 nitrogen and oxygen atoms in total. The van der Waals surface area contributed by atoms with Crippen molar-refractivity contribution in [2.75, 3.05) is 17.7 Å². The zero-order valence-electron chi connectivity index (χ0n) is 10.7. The summed E-state index contributed by atoms with van der Waals surface area (Å²) in [5.74, 6) is -1.28. The number of nitrogen functional groups attached to an aromatic ring is 1. The van der Waals surface area contributed by atoms with Gasteiger partial charge in [-0.3, -0.25) is 4.21 Å². The van der Waals surface area contributed by atoms with Gasteiger partial charge in [-0.25, -0.2) is 13.5 Å². The van der Waals surface area contributed by atoms with Crippen LogP contribution in [0.5, 0.6) is 0 Å². The van der Waals surface area contributed by atoms with E-state index in [1.165, 1.54) is 4.68 Å². The zero-order valence-corrected chi connectivity index (χ0v) is 11.5. The molecular formula is C11H13F2N5OS. The van der Waals surface area contributed by atoms with Gasteiger partial charge in [-0.1, -0.05) is 0 Å². The molecular weight excluding hydrogens is 288 g/mol. The lowest BCUT2D eigenvalue weighted by molar-refractivity contribution is 0.509. The molecule has 0 bridgehead atoms. The highest BCUT2D eigenvalue weighted by Gasteiger charge is 2.15. The van der Waals surface area contributed by atoms with Crippen LogP contribution in [0.2, 0.25) is 0 Å². The molecule has 1 atom stereocenters. The van der Waals surface area contributed by atoms with Gasteiger partial charge in [0.15, 0.2) is 17.5 Å². The number of hydrogen-bond donors (Lipinski definition) is 1. The Hall–Kier alpha value is -1.90. The van der Waals surface area contributed by atoms with Crippen LogP contribution in [0.15, 0.2) is 12.1 Å². The summed E-state index contributed by atoms with van der Waals surface area (Å²) < 4.78 is 38.8. The first-order valence-corrected chi connectivity index (χ1v) is 7.53. The summed E-state index contributed by atoms with van der Waals surface area (Å²) in [6.45, 7) is 0.417. The molecule has 0 aliphatic rings. The van der Waals surface area contributed by atoms with Crippen molar-refractivity contribution in [1.82, 2.24) is 20.2 Å². The molecule has 108 valence electrons. The number of anilines is 1. The van der Waals surface area contributed by atoms with Gasteiger partial charge in [-0.15, -0.1) is 5.10 Å². The molecule has 0 amide bonds. The predicted molar refractivity (Wildman–Crippen MR) is 71.1 cm³/mol. The van der Waals surface area contributed by atoms with Gasteiger partial charge in [0, 0.05) is 46.7 Å². The van der Waals surface area contributed by atoms with Crippen molar-refractivity contribution in [2.24, 2.45) is 0 Å². The Balaban J connectivity index is 2.28. The van der Waals surface area contributed by atoms with E-state index in [9.17, 15) is 13.0 Å². The molecule has 0 spiro atoms. The van der Waals surface area contributed by atoms with Crippen LogP contribution < -0.4 is 5.73 Å². The van der Waals surface area contributed by atoms with Crippen LogP contribution in [-0.4, -0.2) is 36.4 Å². The number of aryl methyl sites for hydroxylation is 1. The Kier molecular flexibility index (Phi) is 4.38. The van der Waals surface area contributed by atoms with Crippen molar-refractivity contribution in [3.05, 3.63) is 23.8 Å². The highest BCUT2D eigenvalue weighted by molar-refractivity contribution is 7.84. The maximum Gasteiger partial charge on any atom is 0.184 e. The second-order valence-corrected chi connectivity index (χ2v) is 5.76. The molecule has 2 N–H and O–H groups in total. The van der Waals surface area contributed by atoms with Crippen LogP contribution in [-0.2, 0) is 17.3 Å². The minimum absolute atomic E-state index is 0.0546. The first-order valence-electron chi connectivity index (χ1n) is 5.80. The van der Waals surface area contributed by atoms with E-state index in [-0.39, 0.29) is 17.1 Å². The summed E-state index contributed by atoms with van der Waals surface area (Å²) in [7, 11) is -0.906. The van der Waals surface area contributed by atoms with Gasteiger partial charge in [-0.05, 0) is 22.9 Å². The quantitative estimate of drug-likeness (QED) is 0.832.